The number of halogens is 3. The van der Waals surface area contributed by atoms with Gasteiger partial charge in [-0.25, -0.2) is 4.98 Å². The molecule has 4 rings (SSSR count). The van der Waals surface area contributed by atoms with Crippen LogP contribution in [0, 0.1) is 0 Å². The molecule has 1 unspecified atom stereocenters. The second-order valence-corrected chi connectivity index (χ2v) is 7.75. The highest BCUT2D eigenvalue weighted by atomic mass is 19.4. The third-order valence-corrected chi connectivity index (χ3v) is 5.49. The number of benzene rings is 3. The largest absolute Gasteiger partial charge is 0.494 e. The average molecular weight is 454 g/mol. The summed E-state index contributed by atoms with van der Waals surface area (Å²) in [5.41, 5.74) is 2.94. The normalized spacial score (nSPS) is 12.6. The van der Waals surface area contributed by atoms with Crippen LogP contribution in [0.15, 0.2) is 66.7 Å². The van der Waals surface area contributed by atoms with E-state index in [4.69, 9.17) is 14.5 Å². The van der Waals surface area contributed by atoms with Crippen molar-refractivity contribution >= 4 is 11.0 Å². The Hall–Kier alpha value is -3.48. The quantitative estimate of drug-likeness (QED) is 0.309. The van der Waals surface area contributed by atoms with Crippen molar-refractivity contribution in [2.24, 2.45) is 0 Å². The number of ether oxygens (including phenoxy) is 2. The number of imidazole rings is 1. The van der Waals surface area contributed by atoms with E-state index in [1.54, 1.807) is 0 Å². The van der Waals surface area contributed by atoms with Crippen LogP contribution in [0.25, 0.3) is 11.0 Å². The van der Waals surface area contributed by atoms with Gasteiger partial charge in [0.15, 0.2) is 0 Å². The molecule has 4 aromatic rings. The monoisotopic (exact) mass is 454 g/mol. The third-order valence-electron chi connectivity index (χ3n) is 5.49. The number of hydrogen-bond donors (Lipinski definition) is 1. The van der Waals surface area contributed by atoms with Gasteiger partial charge in [-0.05, 0) is 60.9 Å². The first-order valence-corrected chi connectivity index (χ1v) is 10.9. The Bertz CT molecular complexity index is 1200. The number of aromatic amines is 1. The molecule has 1 heterocycles. The van der Waals surface area contributed by atoms with Gasteiger partial charge < -0.3 is 14.5 Å². The first-order valence-electron chi connectivity index (χ1n) is 10.9. The second-order valence-electron chi connectivity index (χ2n) is 7.75. The Morgan fingerprint density at radius 3 is 2.21 bits per heavy atom. The minimum Gasteiger partial charge on any atom is -0.494 e. The van der Waals surface area contributed by atoms with Crippen LogP contribution < -0.4 is 9.47 Å². The molecule has 0 amide bonds. The number of alkyl halides is 3. The first kappa shape index (κ1) is 22.7. The second kappa shape index (κ2) is 9.57. The Morgan fingerprint density at radius 2 is 1.58 bits per heavy atom. The smallest absolute Gasteiger partial charge is 0.416 e. The maximum Gasteiger partial charge on any atom is 0.416 e. The molecule has 33 heavy (non-hydrogen) atoms. The van der Waals surface area contributed by atoms with E-state index in [9.17, 15) is 13.2 Å². The summed E-state index contributed by atoms with van der Waals surface area (Å²) in [7, 11) is 0. The third kappa shape index (κ3) is 5.30. The van der Waals surface area contributed by atoms with Crippen LogP contribution in [0.4, 0.5) is 13.2 Å². The van der Waals surface area contributed by atoms with Crippen molar-refractivity contribution in [3.8, 4) is 11.5 Å². The lowest BCUT2D eigenvalue weighted by molar-refractivity contribution is -0.137. The average Bonchev–Trinajstić information content (AvgIpc) is 3.22. The molecule has 0 bridgehead atoms. The van der Waals surface area contributed by atoms with E-state index in [0.29, 0.717) is 17.9 Å². The molecule has 0 aliphatic heterocycles. The lowest BCUT2D eigenvalue weighted by Crippen LogP contribution is -2.05. The van der Waals surface area contributed by atoms with Gasteiger partial charge in [-0.3, -0.25) is 0 Å². The van der Waals surface area contributed by atoms with Crippen molar-refractivity contribution in [3.63, 3.8) is 0 Å². The zero-order valence-electron chi connectivity index (χ0n) is 18.4. The highest BCUT2D eigenvalue weighted by molar-refractivity contribution is 5.77. The molecule has 0 aliphatic rings. The molecular weight excluding hydrogens is 429 g/mol. The van der Waals surface area contributed by atoms with E-state index >= 15 is 0 Å². The number of hydrogen-bond acceptors (Lipinski definition) is 3. The number of rotatable bonds is 8. The maximum atomic E-state index is 12.7. The van der Waals surface area contributed by atoms with Crippen LogP contribution in [0.5, 0.6) is 11.5 Å². The summed E-state index contributed by atoms with van der Waals surface area (Å²) in [5, 5.41) is 0. The highest BCUT2D eigenvalue weighted by Crippen LogP contribution is 2.31. The van der Waals surface area contributed by atoms with Crippen molar-refractivity contribution in [1.29, 1.82) is 0 Å². The SMILES string of the molecule is CCOc1ccc2nc(C(CC)c3ccc(OCc4ccc(C(F)(F)F)cc4)cc3)[nH]c2c1. The van der Waals surface area contributed by atoms with E-state index in [2.05, 4.69) is 11.9 Å². The Morgan fingerprint density at radius 1 is 0.879 bits per heavy atom. The Balaban J connectivity index is 1.44. The Labute approximate surface area is 190 Å². The molecule has 0 fully saturated rings. The van der Waals surface area contributed by atoms with Crippen molar-refractivity contribution < 1.29 is 22.6 Å². The lowest BCUT2D eigenvalue weighted by atomic mass is 9.96. The first-order chi connectivity index (χ1) is 15.9. The van der Waals surface area contributed by atoms with Gasteiger partial charge in [0.1, 0.15) is 23.9 Å². The molecule has 1 atom stereocenters. The molecular formula is C26H25F3N2O2. The van der Waals surface area contributed by atoms with Crippen molar-refractivity contribution in [3.05, 3.63) is 89.2 Å². The predicted octanol–water partition coefficient (Wildman–Crippen LogP) is 7.10. The fourth-order valence-corrected chi connectivity index (χ4v) is 3.77. The number of aromatic nitrogens is 2. The van der Waals surface area contributed by atoms with Gasteiger partial charge in [0, 0.05) is 12.0 Å². The van der Waals surface area contributed by atoms with E-state index in [1.165, 1.54) is 12.1 Å². The molecule has 3 aromatic carbocycles. The number of nitrogens with one attached hydrogen (secondary N) is 1. The van der Waals surface area contributed by atoms with Gasteiger partial charge in [0.05, 0.1) is 23.2 Å². The van der Waals surface area contributed by atoms with Gasteiger partial charge in [0.2, 0.25) is 0 Å². The van der Waals surface area contributed by atoms with Gasteiger partial charge in [-0.2, -0.15) is 13.2 Å². The van der Waals surface area contributed by atoms with E-state index in [0.717, 1.165) is 46.7 Å². The maximum absolute atomic E-state index is 12.7. The molecule has 1 N–H and O–H groups in total. The highest BCUT2D eigenvalue weighted by Gasteiger charge is 2.29. The van der Waals surface area contributed by atoms with E-state index in [-0.39, 0.29) is 12.5 Å². The summed E-state index contributed by atoms with van der Waals surface area (Å²) in [6, 6.07) is 18.6. The topological polar surface area (TPSA) is 47.1 Å². The summed E-state index contributed by atoms with van der Waals surface area (Å²) >= 11 is 0. The van der Waals surface area contributed by atoms with E-state index < -0.39 is 11.7 Å². The van der Waals surface area contributed by atoms with Crippen molar-refractivity contribution in [2.45, 2.75) is 39.0 Å². The van der Waals surface area contributed by atoms with Gasteiger partial charge >= 0.3 is 6.18 Å². The summed E-state index contributed by atoms with van der Waals surface area (Å²) in [6.45, 7) is 4.86. The molecule has 4 nitrogen and oxygen atoms in total. The number of fused-ring (bicyclic) bond motifs is 1. The van der Waals surface area contributed by atoms with Crippen LogP contribution in [0.1, 0.15) is 48.7 Å². The Kier molecular flexibility index (Phi) is 6.58. The van der Waals surface area contributed by atoms with Crippen molar-refractivity contribution in [1.82, 2.24) is 9.97 Å². The summed E-state index contributed by atoms with van der Waals surface area (Å²) in [5.74, 6) is 2.44. The lowest BCUT2D eigenvalue weighted by Gasteiger charge is -2.14. The van der Waals surface area contributed by atoms with Crippen LogP contribution in [-0.4, -0.2) is 16.6 Å². The minimum atomic E-state index is -4.34. The number of nitrogens with zero attached hydrogens (tertiary/aromatic N) is 1. The van der Waals surface area contributed by atoms with Crippen molar-refractivity contribution in [2.75, 3.05) is 6.61 Å². The van der Waals surface area contributed by atoms with Gasteiger partial charge in [-0.1, -0.05) is 31.2 Å². The molecule has 1 aromatic heterocycles. The van der Waals surface area contributed by atoms with Crippen LogP contribution in [0.3, 0.4) is 0 Å². The summed E-state index contributed by atoms with van der Waals surface area (Å²) in [6.07, 6.45) is -3.47. The molecule has 7 heteroatoms. The van der Waals surface area contributed by atoms with Crippen LogP contribution in [-0.2, 0) is 12.8 Å². The van der Waals surface area contributed by atoms with E-state index in [1.807, 2.05) is 49.4 Å². The summed E-state index contributed by atoms with van der Waals surface area (Å²) < 4.78 is 49.4. The molecule has 0 saturated carbocycles. The summed E-state index contributed by atoms with van der Waals surface area (Å²) in [4.78, 5) is 8.18. The zero-order valence-corrected chi connectivity index (χ0v) is 18.4. The molecule has 0 radical (unpaired) electrons. The van der Waals surface area contributed by atoms with Crippen LogP contribution in [0.2, 0.25) is 0 Å². The minimum absolute atomic E-state index is 0.0944. The standard InChI is InChI=1S/C26H25F3N2O2/c1-3-22(25-30-23-14-13-21(32-4-2)15-24(23)31-25)18-7-11-20(12-8-18)33-16-17-5-9-19(10-6-17)26(27,28)29/h5-15,22H,3-4,16H2,1-2H3,(H,30,31). The zero-order chi connectivity index (χ0) is 23.4. The molecule has 0 spiro atoms. The molecule has 172 valence electrons. The van der Waals surface area contributed by atoms with Gasteiger partial charge in [0.25, 0.3) is 0 Å². The van der Waals surface area contributed by atoms with Crippen LogP contribution >= 0.6 is 0 Å². The fraction of sp³-hybridized carbons (Fsp3) is 0.269. The predicted molar refractivity (Wildman–Crippen MR) is 122 cm³/mol. The van der Waals surface area contributed by atoms with Gasteiger partial charge in [-0.15, -0.1) is 0 Å². The fourth-order valence-electron chi connectivity index (χ4n) is 3.77. The number of H-pyrrole nitrogens is 1. The molecule has 0 saturated heterocycles. The molecule has 0 aliphatic carbocycles.